The second-order valence-corrected chi connectivity index (χ2v) is 2.59. The van der Waals surface area contributed by atoms with Gasteiger partial charge in [-0.1, -0.05) is 12.2 Å². The molecule has 0 heterocycles. The van der Waals surface area contributed by atoms with Crippen molar-refractivity contribution in [2.75, 3.05) is 0 Å². The van der Waals surface area contributed by atoms with E-state index in [1.54, 1.807) is 6.08 Å². The van der Waals surface area contributed by atoms with E-state index in [-0.39, 0.29) is 17.5 Å². The van der Waals surface area contributed by atoms with E-state index in [1.165, 1.54) is 6.92 Å². The molecule has 1 aliphatic carbocycles. The maximum Gasteiger partial charge on any atom is 0.137 e. The van der Waals surface area contributed by atoms with Crippen LogP contribution >= 0.6 is 0 Å². The number of allylic oxidation sites excluding steroid dienone is 2. The van der Waals surface area contributed by atoms with E-state index in [1.807, 2.05) is 6.08 Å². The lowest BCUT2D eigenvalue weighted by atomic mass is 9.92. The molecule has 0 radical (unpaired) electrons. The molecule has 0 saturated carbocycles. The predicted molar refractivity (Wildman–Crippen MR) is 37.6 cm³/mol. The van der Waals surface area contributed by atoms with Crippen molar-refractivity contribution in [2.24, 2.45) is 5.92 Å². The molecule has 0 bridgehead atoms. The Bertz CT molecular complexity index is 191. The molecule has 0 N–H and O–H groups in total. The molecule has 1 atom stereocenters. The first-order valence-electron chi connectivity index (χ1n) is 3.39. The van der Waals surface area contributed by atoms with Crippen LogP contribution in [0.3, 0.4) is 0 Å². The van der Waals surface area contributed by atoms with Gasteiger partial charge in [0.25, 0.3) is 0 Å². The van der Waals surface area contributed by atoms with Gasteiger partial charge in [0.05, 0.1) is 0 Å². The van der Waals surface area contributed by atoms with Gasteiger partial charge >= 0.3 is 0 Å². The monoisotopic (exact) mass is 138 g/mol. The summed E-state index contributed by atoms with van der Waals surface area (Å²) in [5, 5.41) is 0. The van der Waals surface area contributed by atoms with Gasteiger partial charge in [-0.25, -0.2) is 0 Å². The molecule has 2 heteroatoms. The van der Waals surface area contributed by atoms with Crippen LogP contribution in [0.4, 0.5) is 0 Å². The first kappa shape index (κ1) is 7.19. The summed E-state index contributed by atoms with van der Waals surface area (Å²) >= 11 is 0. The maximum atomic E-state index is 10.8. The third-order valence-corrected chi connectivity index (χ3v) is 1.68. The van der Waals surface area contributed by atoms with Crippen LogP contribution < -0.4 is 0 Å². The molecule has 54 valence electrons. The fraction of sp³-hybridized carbons (Fsp3) is 0.500. The number of hydrogen-bond donors (Lipinski definition) is 0. The Morgan fingerprint density at radius 1 is 1.70 bits per heavy atom. The lowest BCUT2D eigenvalue weighted by molar-refractivity contribution is -0.125. The smallest absolute Gasteiger partial charge is 0.137 e. The van der Waals surface area contributed by atoms with Gasteiger partial charge in [-0.3, -0.25) is 9.59 Å². The molecular formula is C8H10O2. The van der Waals surface area contributed by atoms with Crippen LogP contribution in [-0.2, 0) is 9.59 Å². The molecule has 1 rings (SSSR count). The van der Waals surface area contributed by atoms with E-state index < -0.39 is 0 Å². The van der Waals surface area contributed by atoms with E-state index in [2.05, 4.69) is 0 Å². The minimum Gasteiger partial charge on any atom is -0.299 e. The van der Waals surface area contributed by atoms with Crippen LogP contribution in [0, 0.1) is 5.92 Å². The normalized spacial score (nSPS) is 24.9. The Morgan fingerprint density at radius 3 is 2.80 bits per heavy atom. The number of carbonyl (C=O) groups is 2. The van der Waals surface area contributed by atoms with Crippen molar-refractivity contribution in [2.45, 2.75) is 19.8 Å². The Labute approximate surface area is 59.9 Å². The van der Waals surface area contributed by atoms with E-state index >= 15 is 0 Å². The summed E-state index contributed by atoms with van der Waals surface area (Å²) in [7, 11) is 0. The molecule has 0 fully saturated rings. The standard InChI is InChI=1S/C8H10O2/c1-6(9)7-3-2-4-8(10)5-7/h2-3,7H,4-5H2,1H3. The third-order valence-electron chi connectivity index (χ3n) is 1.68. The molecule has 0 aliphatic heterocycles. The summed E-state index contributed by atoms with van der Waals surface area (Å²) in [5.74, 6) is 0.119. The van der Waals surface area contributed by atoms with E-state index in [0.717, 1.165) is 0 Å². The van der Waals surface area contributed by atoms with Crippen LogP contribution in [-0.4, -0.2) is 11.6 Å². The van der Waals surface area contributed by atoms with Crippen LogP contribution in [0.5, 0.6) is 0 Å². The Balaban J connectivity index is 2.64. The van der Waals surface area contributed by atoms with Gasteiger partial charge in [0.1, 0.15) is 11.6 Å². The van der Waals surface area contributed by atoms with Gasteiger partial charge in [-0.2, -0.15) is 0 Å². The number of hydrogen-bond acceptors (Lipinski definition) is 2. The highest BCUT2D eigenvalue weighted by Crippen LogP contribution is 2.14. The summed E-state index contributed by atoms with van der Waals surface area (Å²) < 4.78 is 0. The molecule has 0 aromatic carbocycles. The SMILES string of the molecule is CC(=O)C1C=CCC(=O)C1. The van der Waals surface area contributed by atoms with Gasteiger partial charge in [0.2, 0.25) is 0 Å². The minimum atomic E-state index is -0.138. The largest absolute Gasteiger partial charge is 0.299 e. The zero-order valence-electron chi connectivity index (χ0n) is 5.96. The van der Waals surface area contributed by atoms with Crippen LogP contribution in [0.1, 0.15) is 19.8 Å². The first-order valence-corrected chi connectivity index (χ1v) is 3.39. The van der Waals surface area contributed by atoms with Gasteiger partial charge in [-0.15, -0.1) is 0 Å². The first-order chi connectivity index (χ1) is 4.70. The van der Waals surface area contributed by atoms with E-state index in [4.69, 9.17) is 0 Å². The zero-order valence-corrected chi connectivity index (χ0v) is 5.96. The topological polar surface area (TPSA) is 34.1 Å². The zero-order chi connectivity index (χ0) is 7.56. The summed E-state index contributed by atoms with van der Waals surface area (Å²) in [6.45, 7) is 1.52. The molecule has 0 amide bonds. The van der Waals surface area contributed by atoms with E-state index in [9.17, 15) is 9.59 Å². The Hall–Kier alpha value is -0.920. The molecular weight excluding hydrogens is 128 g/mol. The number of ketones is 2. The number of rotatable bonds is 1. The minimum absolute atomic E-state index is 0.0873. The molecule has 0 aromatic rings. The van der Waals surface area contributed by atoms with E-state index in [0.29, 0.717) is 12.8 Å². The van der Waals surface area contributed by atoms with Crippen molar-refractivity contribution in [1.29, 1.82) is 0 Å². The second-order valence-electron chi connectivity index (χ2n) is 2.59. The Morgan fingerprint density at radius 2 is 2.40 bits per heavy atom. The lowest BCUT2D eigenvalue weighted by Crippen LogP contribution is -2.16. The lowest BCUT2D eigenvalue weighted by Gasteiger charge is -2.10. The summed E-state index contributed by atoms with van der Waals surface area (Å²) in [6, 6.07) is 0. The molecule has 1 unspecified atom stereocenters. The van der Waals surface area contributed by atoms with Crippen LogP contribution in [0.2, 0.25) is 0 Å². The summed E-state index contributed by atoms with van der Waals surface area (Å²) in [4.78, 5) is 21.5. The number of carbonyl (C=O) groups excluding carboxylic acids is 2. The summed E-state index contributed by atoms with van der Waals surface area (Å²) in [6.07, 6.45) is 4.51. The maximum absolute atomic E-state index is 10.8. The van der Waals surface area contributed by atoms with Gasteiger partial charge in [0, 0.05) is 18.8 Å². The van der Waals surface area contributed by atoms with Gasteiger partial charge in [0.15, 0.2) is 0 Å². The summed E-state index contributed by atoms with van der Waals surface area (Å²) in [5.41, 5.74) is 0. The van der Waals surface area contributed by atoms with Crippen LogP contribution in [0.15, 0.2) is 12.2 Å². The molecule has 0 spiro atoms. The van der Waals surface area contributed by atoms with Crippen molar-refractivity contribution < 1.29 is 9.59 Å². The quantitative estimate of drug-likeness (QED) is 0.508. The highest BCUT2D eigenvalue weighted by atomic mass is 16.1. The predicted octanol–water partition coefficient (Wildman–Crippen LogP) is 1.11. The highest BCUT2D eigenvalue weighted by molar-refractivity contribution is 5.90. The molecule has 10 heavy (non-hydrogen) atoms. The average molecular weight is 138 g/mol. The van der Waals surface area contributed by atoms with Gasteiger partial charge < -0.3 is 0 Å². The van der Waals surface area contributed by atoms with Crippen molar-refractivity contribution >= 4 is 11.6 Å². The molecule has 2 nitrogen and oxygen atoms in total. The fourth-order valence-corrected chi connectivity index (χ4v) is 1.04. The number of Topliss-reactive ketones (excluding diaryl/α,β-unsaturated/α-hetero) is 2. The van der Waals surface area contributed by atoms with Crippen molar-refractivity contribution in [3.05, 3.63) is 12.2 Å². The van der Waals surface area contributed by atoms with Gasteiger partial charge in [-0.05, 0) is 6.92 Å². The van der Waals surface area contributed by atoms with Crippen LogP contribution in [0.25, 0.3) is 0 Å². The average Bonchev–Trinajstić information content (AvgIpc) is 1.88. The molecule has 1 aliphatic rings. The highest BCUT2D eigenvalue weighted by Gasteiger charge is 2.17. The van der Waals surface area contributed by atoms with Crippen molar-refractivity contribution in [3.63, 3.8) is 0 Å². The molecule has 0 saturated heterocycles. The Kier molecular flexibility index (Phi) is 2.00. The third kappa shape index (κ3) is 1.53. The second kappa shape index (κ2) is 2.78. The van der Waals surface area contributed by atoms with Crippen molar-refractivity contribution in [1.82, 2.24) is 0 Å². The molecule has 0 aromatic heterocycles. The van der Waals surface area contributed by atoms with Crippen molar-refractivity contribution in [3.8, 4) is 0 Å². The fourth-order valence-electron chi connectivity index (χ4n) is 1.04.